The van der Waals surface area contributed by atoms with Crippen LogP contribution in [0.4, 0.5) is 0 Å². The smallest absolute Gasteiger partial charge is 0.124 e. The third-order valence-electron chi connectivity index (χ3n) is 2.22. The van der Waals surface area contributed by atoms with Crippen LogP contribution in [-0.2, 0) is 0 Å². The van der Waals surface area contributed by atoms with Gasteiger partial charge in [-0.1, -0.05) is 18.2 Å². The van der Waals surface area contributed by atoms with Crippen LogP contribution in [0.3, 0.4) is 0 Å². The minimum Gasteiger partial charge on any atom is -0.496 e. The van der Waals surface area contributed by atoms with E-state index in [-0.39, 0.29) is 6.17 Å². The van der Waals surface area contributed by atoms with Crippen molar-refractivity contribution in [1.29, 1.82) is 0 Å². The molecule has 0 aliphatic rings. The minimum atomic E-state index is 0.186. The number of nitrogens with one attached hydrogen (secondary N) is 1. The molecule has 3 nitrogen and oxygen atoms in total. The third kappa shape index (κ3) is 2.25. The molecule has 0 saturated carbocycles. The van der Waals surface area contributed by atoms with Gasteiger partial charge in [0, 0.05) is 5.56 Å². The molecule has 3 heteroatoms. The number of benzene rings is 1. The molecule has 1 aromatic rings. The lowest BCUT2D eigenvalue weighted by Crippen LogP contribution is -2.31. The molecule has 0 aliphatic carbocycles. The van der Waals surface area contributed by atoms with Crippen molar-refractivity contribution in [3.8, 4) is 5.75 Å². The Morgan fingerprint density at radius 1 is 1.29 bits per heavy atom. The summed E-state index contributed by atoms with van der Waals surface area (Å²) in [5, 5.41) is 3.24. The molecule has 1 atom stereocenters. The summed E-state index contributed by atoms with van der Waals surface area (Å²) in [4.78, 5) is 2.11. The van der Waals surface area contributed by atoms with E-state index in [1.807, 2.05) is 39.3 Å². The van der Waals surface area contributed by atoms with Crippen molar-refractivity contribution in [2.45, 2.75) is 6.17 Å². The molecule has 0 fully saturated rings. The molecule has 1 aromatic carbocycles. The topological polar surface area (TPSA) is 24.5 Å². The van der Waals surface area contributed by atoms with Crippen molar-refractivity contribution in [2.75, 3.05) is 28.3 Å². The van der Waals surface area contributed by atoms with Crippen LogP contribution in [0.15, 0.2) is 24.3 Å². The second-order valence-electron chi connectivity index (χ2n) is 3.40. The van der Waals surface area contributed by atoms with Crippen LogP contribution in [0, 0.1) is 0 Å². The number of hydrogen-bond donors (Lipinski definition) is 1. The van der Waals surface area contributed by atoms with Crippen LogP contribution in [0.5, 0.6) is 5.75 Å². The number of hydrogen-bond acceptors (Lipinski definition) is 3. The zero-order chi connectivity index (χ0) is 10.6. The average Bonchev–Trinajstić information content (AvgIpc) is 2.19. The normalized spacial score (nSPS) is 12.9. The summed E-state index contributed by atoms with van der Waals surface area (Å²) in [5.74, 6) is 0.917. The summed E-state index contributed by atoms with van der Waals surface area (Å²) in [6, 6.07) is 8.04. The summed E-state index contributed by atoms with van der Waals surface area (Å²) in [6.45, 7) is 0. The van der Waals surface area contributed by atoms with Crippen molar-refractivity contribution < 1.29 is 4.74 Å². The van der Waals surface area contributed by atoms with Gasteiger partial charge < -0.3 is 10.1 Å². The number of rotatable bonds is 4. The van der Waals surface area contributed by atoms with E-state index < -0.39 is 0 Å². The summed E-state index contributed by atoms with van der Waals surface area (Å²) in [5.41, 5.74) is 1.16. The first-order valence-corrected chi connectivity index (χ1v) is 4.67. The van der Waals surface area contributed by atoms with Gasteiger partial charge in [0.25, 0.3) is 0 Å². The Morgan fingerprint density at radius 3 is 2.43 bits per heavy atom. The molecule has 0 aromatic heterocycles. The van der Waals surface area contributed by atoms with Gasteiger partial charge in [0.05, 0.1) is 13.3 Å². The first-order valence-electron chi connectivity index (χ1n) is 4.67. The quantitative estimate of drug-likeness (QED) is 0.735. The first kappa shape index (κ1) is 11.0. The van der Waals surface area contributed by atoms with Crippen LogP contribution in [0.1, 0.15) is 11.7 Å². The Morgan fingerprint density at radius 2 is 1.93 bits per heavy atom. The van der Waals surface area contributed by atoms with Gasteiger partial charge in [-0.3, -0.25) is 4.90 Å². The van der Waals surface area contributed by atoms with E-state index in [9.17, 15) is 0 Å². The van der Waals surface area contributed by atoms with Gasteiger partial charge in [0.15, 0.2) is 0 Å². The molecule has 0 amide bonds. The first-order chi connectivity index (χ1) is 6.70. The fourth-order valence-electron chi connectivity index (χ4n) is 1.58. The zero-order valence-corrected chi connectivity index (χ0v) is 9.24. The fraction of sp³-hybridized carbons (Fsp3) is 0.455. The highest BCUT2D eigenvalue weighted by Gasteiger charge is 2.14. The standard InChI is InChI=1S/C11H18N2O/c1-12-11(13(2)3)9-7-5-6-8-10(9)14-4/h5-8,11-12H,1-4H3. The molecule has 0 bridgehead atoms. The van der Waals surface area contributed by atoms with E-state index in [1.54, 1.807) is 7.11 Å². The number of methoxy groups -OCH3 is 1. The number of ether oxygens (including phenoxy) is 1. The molecular formula is C11H18N2O. The molecule has 0 radical (unpaired) electrons. The summed E-state index contributed by atoms with van der Waals surface area (Å²) >= 11 is 0. The van der Waals surface area contributed by atoms with Crippen LogP contribution in [0.25, 0.3) is 0 Å². The second kappa shape index (κ2) is 4.98. The molecule has 1 rings (SSSR count). The van der Waals surface area contributed by atoms with Gasteiger partial charge in [-0.25, -0.2) is 0 Å². The Hall–Kier alpha value is -1.06. The lowest BCUT2D eigenvalue weighted by molar-refractivity contribution is 0.256. The predicted molar refractivity (Wildman–Crippen MR) is 58.5 cm³/mol. The molecule has 0 saturated heterocycles. The van der Waals surface area contributed by atoms with Crippen LogP contribution < -0.4 is 10.1 Å². The second-order valence-corrected chi connectivity index (χ2v) is 3.40. The summed E-state index contributed by atoms with van der Waals surface area (Å²) in [7, 11) is 7.71. The molecular weight excluding hydrogens is 176 g/mol. The van der Waals surface area contributed by atoms with Gasteiger partial charge >= 0.3 is 0 Å². The third-order valence-corrected chi connectivity index (χ3v) is 2.22. The molecule has 78 valence electrons. The van der Waals surface area contributed by atoms with Crippen molar-refractivity contribution >= 4 is 0 Å². The van der Waals surface area contributed by atoms with Gasteiger partial charge in [-0.15, -0.1) is 0 Å². The van der Waals surface area contributed by atoms with Crippen molar-refractivity contribution in [2.24, 2.45) is 0 Å². The van der Waals surface area contributed by atoms with Crippen molar-refractivity contribution in [3.05, 3.63) is 29.8 Å². The van der Waals surface area contributed by atoms with E-state index in [0.717, 1.165) is 11.3 Å². The highest BCUT2D eigenvalue weighted by molar-refractivity contribution is 5.35. The maximum Gasteiger partial charge on any atom is 0.124 e. The van der Waals surface area contributed by atoms with Crippen LogP contribution in [0.2, 0.25) is 0 Å². The lowest BCUT2D eigenvalue weighted by atomic mass is 10.1. The average molecular weight is 194 g/mol. The highest BCUT2D eigenvalue weighted by atomic mass is 16.5. The molecule has 1 unspecified atom stereocenters. The van der Waals surface area contributed by atoms with E-state index in [2.05, 4.69) is 16.3 Å². The minimum absolute atomic E-state index is 0.186. The predicted octanol–water partition coefficient (Wildman–Crippen LogP) is 1.47. The Labute approximate surface area is 85.7 Å². The van der Waals surface area contributed by atoms with Gasteiger partial charge in [-0.05, 0) is 27.2 Å². The molecule has 1 N–H and O–H groups in total. The van der Waals surface area contributed by atoms with Crippen LogP contribution in [-0.4, -0.2) is 33.2 Å². The van der Waals surface area contributed by atoms with E-state index in [1.165, 1.54) is 0 Å². The maximum atomic E-state index is 5.31. The van der Waals surface area contributed by atoms with E-state index >= 15 is 0 Å². The Bertz CT molecular complexity index is 286. The van der Waals surface area contributed by atoms with Crippen molar-refractivity contribution in [1.82, 2.24) is 10.2 Å². The monoisotopic (exact) mass is 194 g/mol. The summed E-state index contributed by atoms with van der Waals surface area (Å²) < 4.78 is 5.31. The molecule has 14 heavy (non-hydrogen) atoms. The molecule has 0 aliphatic heterocycles. The lowest BCUT2D eigenvalue weighted by Gasteiger charge is -2.25. The zero-order valence-electron chi connectivity index (χ0n) is 9.24. The summed E-state index contributed by atoms with van der Waals surface area (Å²) in [6.07, 6.45) is 0.186. The van der Waals surface area contributed by atoms with Gasteiger partial charge in [0.2, 0.25) is 0 Å². The SMILES string of the molecule is CNC(c1ccccc1OC)N(C)C. The van der Waals surface area contributed by atoms with Gasteiger partial charge in [-0.2, -0.15) is 0 Å². The number of nitrogens with zero attached hydrogens (tertiary/aromatic N) is 1. The van der Waals surface area contributed by atoms with E-state index in [4.69, 9.17) is 4.74 Å². The van der Waals surface area contributed by atoms with E-state index in [0.29, 0.717) is 0 Å². The maximum absolute atomic E-state index is 5.31. The molecule has 0 heterocycles. The largest absolute Gasteiger partial charge is 0.496 e. The van der Waals surface area contributed by atoms with Crippen molar-refractivity contribution in [3.63, 3.8) is 0 Å². The van der Waals surface area contributed by atoms with Crippen LogP contribution >= 0.6 is 0 Å². The highest BCUT2D eigenvalue weighted by Crippen LogP contribution is 2.25. The Kier molecular flexibility index (Phi) is 3.92. The Balaban J connectivity index is 3.02. The number of para-hydroxylation sites is 1. The molecule has 0 spiro atoms. The fourth-order valence-corrected chi connectivity index (χ4v) is 1.58. The van der Waals surface area contributed by atoms with Gasteiger partial charge in [0.1, 0.15) is 5.75 Å².